The maximum atomic E-state index is 11.9. The molecule has 0 bridgehead atoms. The van der Waals surface area contributed by atoms with Crippen molar-refractivity contribution in [2.75, 3.05) is 0 Å². The molecule has 0 aliphatic rings. The maximum absolute atomic E-state index is 11.9. The highest BCUT2D eigenvalue weighted by Crippen LogP contribution is 2.11. The summed E-state index contributed by atoms with van der Waals surface area (Å²) in [5, 5.41) is 0. The second kappa shape index (κ2) is 6.62. The number of Topliss-reactive ketones (excluding diaryl/α,β-unsaturated/α-hetero) is 1. The van der Waals surface area contributed by atoms with Crippen LogP contribution in [0.25, 0.3) is 6.08 Å². The number of hydrogen-bond donors (Lipinski definition) is 0. The van der Waals surface area contributed by atoms with Crippen LogP contribution in [0.2, 0.25) is 0 Å². The van der Waals surface area contributed by atoms with Crippen LogP contribution in [0.15, 0.2) is 72.8 Å². The maximum Gasteiger partial charge on any atom is 0.188 e. The van der Waals surface area contributed by atoms with Gasteiger partial charge < -0.3 is 0 Å². The standard InChI is InChI=1S/C19H16O2/c1-14(2)19(21)17-11-8-15(9-12-17)10-13-18(20)16-6-4-3-5-7-16/h3-13H,1H2,2H3/b13-10+. The van der Waals surface area contributed by atoms with Crippen LogP contribution in [0, 0.1) is 0 Å². The Labute approximate surface area is 124 Å². The van der Waals surface area contributed by atoms with Crippen LogP contribution in [0.4, 0.5) is 0 Å². The number of benzene rings is 2. The minimum absolute atomic E-state index is 0.0438. The van der Waals surface area contributed by atoms with Gasteiger partial charge in [0.25, 0.3) is 0 Å². The van der Waals surface area contributed by atoms with Crippen LogP contribution >= 0.6 is 0 Å². The van der Waals surface area contributed by atoms with Crippen LogP contribution in [-0.2, 0) is 0 Å². The molecule has 104 valence electrons. The van der Waals surface area contributed by atoms with Gasteiger partial charge in [-0.2, -0.15) is 0 Å². The molecule has 0 aliphatic heterocycles. The van der Waals surface area contributed by atoms with Crippen LogP contribution < -0.4 is 0 Å². The van der Waals surface area contributed by atoms with Crippen LogP contribution in [0.1, 0.15) is 33.2 Å². The molecule has 0 radical (unpaired) electrons. The fourth-order valence-corrected chi connectivity index (χ4v) is 1.86. The van der Waals surface area contributed by atoms with Crippen LogP contribution in [0.5, 0.6) is 0 Å². The van der Waals surface area contributed by atoms with E-state index in [0.717, 1.165) is 5.56 Å². The summed E-state index contributed by atoms with van der Waals surface area (Å²) in [6.45, 7) is 5.33. The quantitative estimate of drug-likeness (QED) is 0.601. The van der Waals surface area contributed by atoms with Crippen molar-refractivity contribution >= 4 is 17.6 Å². The summed E-state index contributed by atoms with van der Waals surface area (Å²) in [5.41, 5.74) is 2.65. The molecule has 21 heavy (non-hydrogen) atoms. The number of carbonyl (C=O) groups excluding carboxylic acids is 2. The number of hydrogen-bond acceptors (Lipinski definition) is 2. The van der Waals surface area contributed by atoms with Gasteiger partial charge in [0.05, 0.1) is 0 Å². The molecule has 0 N–H and O–H groups in total. The number of carbonyl (C=O) groups is 2. The number of ketones is 2. The molecule has 0 fully saturated rings. The molecule has 0 unspecified atom stereocenters. The van der Waals surface area contributed by atoms with E-state index in [4.69, 9.17) is 0 Å². The van der Waals surface area contributed by atoms with Crippen molar-refractivity contribution in [1.29, 1.82) is 0 Å². The minimum Gasteiger partial charge on any atom is -0.289 e. The average molecular weight is 276 g/mol. The molecule has 2 rings (SSSR count). The topological polar surface area (TPSA) is 34.1 Å². The van der Waals surface area contributed by atoms with Crippen LogP contribution in [0.3, 0.4) is 0 Å². The minimum atomic E-state index is -0.0640. The van der Waals surface area contributed by atoms with E-state index in [-0.39, 0.29) is 11.6 Å². The molecular formula is C19H16O2. The SMILES string of the molecule is C=C(C)C(=O)c1ccc(/C=C/C(=O)c2ccccc2)cc1. The first-order valence-corrected chi connectivity index (χ1v) is 6.65. The van der Waals surface area contributed by atoms with Crippen LogP contribution in [-0.4, -0.2) is 11.6 Å². The molecule has 0 aromatic heterocycles. The first-order valence-electron chi connectivity index (χ1n) is 6.65. The zero-order valence-electron chi connectivity index (χ0n) is 11.9. The third-order valence-electron chi connectivity index (χ3n) is 3.05. The summed E-state index contributed by atoms with van der Waals surface area (Å²) >= 11 is 0. The Hall–Kier alpha value is -2.74. The molecule has 2 aromatic carbocycles. The van der Waals surface area contributed by atoms with Gasteiger partial charge in [-0.1, -0.05) is 67.3 Å². The Morgan fingerprint density at radius 1 is 0.905 bits per heavy atom. The van der Waals surface area contributed by atoms with Crippen molar-refractivity contribution < 1.29 is 9.59 Å². The molecule has 0 atom stereocenters. The summed E-state index contributed by atoms with van der Waals surface area (Å²) in [6.07, 6.45) is 3.27. The molecule has 2 aromatic rings. The summed E-state index contributed by atoms with van der Waals surface area (Å²) in [7, 11) is 0. The largest absolute Gasteiger partial charge is 0.289 e. The molecule has 2 nitrogen and oxygen atoms in total. The van der Waals surface area contributed by atoms with Crippen molar-refractivity contribution in [3.8, 4) is 0 Å². The Morgan fingerprint density at radius 2 is 1.52 bits per heavy atom. The predicted molar refractivity (Wildman–Crippen MR) is 85.4 cm³/mol. The molecular weight excluding hydrogens is 260 g/mol. The van der Waals surface area contributed by atoms with Gasteiger partial charge in [-0.25, -0.2) is 0 Å². The first-order chi connectivity index (χ1) is 10.1. The molecule has 0 saturated heterocycles. The fourth-order valence-electron chi connectivity index (χ4n) is 1.86. The van der Waals surface area contributed by atoms with E-state index in [9.17, 15) is 9.59 Å². The van der Waals surface area contributed by atoms with Gasteiger partial charge in [0, 0.05) is 11.1 Å². The highest BCUT2D eigenvalue weighted by Gasteiger charge is 2.05. The lowest BCUT2D eigenvalue weighted by Crippen LogP contribution is -1.98. The monoisotopic (exact) mass is 276 g/mol. The molecule has 0 aliphatic carbocycles. The van der Waals surface area contributed by atoms with E-state index < -0.39 is 0 Å². The predicted octanol–water partition coefficient (Wildman–Crippen LogP) is 4.34. The van der Waals surface area contributed by atoms with Gasteiger partial charge in [0.15, 0.2) is 11.6 Å². The average Bonchev–Trinajstić information content (AvgIpc) is 2.53. The molecule has 0 amide bonds. The lowest BCUT2D eigenvalue weighted by atomic mass is 10.0. The zero-order valence-corrected chi connectivity index (χ0v) is 11.9. The van der Waals surface area contributed by atoms with Gasteiger partial charge in [0.1, 0.15) is 0 Å². The summed E-state index contributed by atoms with van der Waals surface area (Å²) in [4.78, 5) is 23.7. The van der Waals surface area contributed by atoms with Crippen molar-refractivity contribution in [1.82, 2.24) is 0 Å². The van der Waals surface area contributed by atoms with Gasteiger partial charge in [-0.3, -0.25) is 9.59 Å². The smallest absolute Gasteiger partial charge is 0.188 e. The lowest BCUT2D eigenvalue weighted by molar-refractivity contribution is 0.103. The Bertz CT molecular complexity index is 692. The van der Waals surface area contributed by atoms with Gasteiger partial charge in [-0.15, -0.1) is 0 Å². The lowest BCUT2D eigenvalue weighted by Gasteiger charge is -2.00. The Morgan fingerprint density at radius 3 is 2.10 bits per heavy atom. The summed E-state index contributed by atoms with van der Waals surface area (Å²) < 4.78 is 0. The van der Waals surface area contributed by atoms with E-state index in [2.05, 4.69) is 6.58 Å². The van der Waals surface area contributed by atoms with E-state index in [1.54, 1.807) is 37.3 Å². The van der Waals surface area contributed by atoms with Crippen molar-refractivity contribution in [2.45, 2.75) is 6.92 Å². The van der Waals surface area contributed by atoms with E-state index in [1.165, 1.54) is 6.08 Å². The first kappa shape index (κ1) is 14.7. The van der Waals surface area contributed by atoms with E-state index in [0.29, 0.717) is 16.7 Å². The van der Waals surface area contributed by atoms with Crippen molar-refractivity contribution in [3.63, 3.8) is 0 Å². The highest BCUT2D eigenvalue weighted by atomic mass is 16.1. The molecule has 0 spiro atoms. The second-order valence-electron chi connectivity index (χ2n) is 4.80. The molecule has 0 heterocycles. The Balaban J connectivity index is 2.10. The fraction of sp³-hybridized carbons (Fsp3) is 0.0526. The number of rotatable bonds is 5. The highest BCUT2D eigenvalue weighted by molar-refractivity contribution is 6.08. The van der Waals surface area contributed by atoms with Gasteiger partial charge >= 0.3 is 0 Å². The van der Waals surface area contributed by atoms with Gasteiger partial charge in [-0.05, 0) is 24.1 Å². The van der Waals surface area contributed by atoms with Crippen molar-refractivity contribution in [3.05, 3.63) is 89.5 Å². The molecule has 2 heteroatoms. The summed E-state index contributed by atoms with van der Waals surface area (Å²) in [6, 6.07) is 16.2. The zero-order chi connectivity index (χ0) is 15.2. The van der Waals surface area contributed by atoms with Crippen molar-refractivity contribution in [2.24, 2.45) is 0 Å². The third-order valence-corrected chi connectivity index (χ3v) is 3.05. The van der Waals surface area contributed by atoms with Gasteiger partial charge in [0.2, 0.25) is 0 Å². The third kappa shape index (κ3) is 3.86. The van der Waals surface area contributed by atoms with E-state index in [1.807, 2.05) is 30.3 Å². The normalized spacial score (nSPS) is 10.5. The Kier molecular flexibility index (Phi) is 4.62. The summed E-state index contributed by atoms with van der Waals surface area (Å²) in [5.74, 6) is -0.108. The van der Waals surface area contributed by atoms with E-state index >= 15 is 0 Å². The second-order valence-corrected chi connectivity index (χ2v) is 4.80. The molecule has 0 saturated carbocycles. The number of allylic oxidation sites excluding steroid dienone is 2.